The van der Waals surface area contributed by atoms with Gasteiger partial charge >= 0.3 is 0 Å². The van der Waals surface area contributed by atoms with Crippen molar-refractivity contribution in [2.45, 2.75) is 25.9 Å². The monoisotopic (exact) mass is 400 g/mol. The van der Waals surface area contributed by atoms with E-state index in [2.05, 4.69) is 23.0 Å². The van der Waals surface area contributed by atoms with Crippen LogP contribution in [-0.2, 0) is 11.4 Å². The van der Waals surface area contributed by atoms with Gasteiger partial charge in [-0.3, -0.25) is 20.4 Å². The Balaban J connectivity index is 1.27. The van der Waals surface area contributed by atoms with Gasteiger partial charge in [0, 0.05) is 11.5 Å². The molecule has 0 aromatic heterocycles. The Labute approximate surface area is 176 Å². The van der Waals surface area contributed by atoms with Gasteiger partial charge < -0.3 is 4.74 Å². The van der Waals surface area contributed by atoms with E-state index in [1.54, 1.807) is 12.1 Å². The molecule has 0 radical (unpaired) electrons. The fourth-order valence-electron chi connectivity index (χ4n) is 3.26. The number of ether oxygens (including phenoxy) is 1. The van der Waals surface area contributed by atoms with Gasteiger partial charge in [0.1, 0.15) is 12.4 Å². The van der Waals surface area contributed by atoms with Gasteiger partial charge in [0.2, 0.25) is 5.91 Å². The molecule has 5 nitrogen and oxygen atoms in total. The lowest BCUT2D eigenvalue weighted by molar-refractivity contribution is -0.128. The lowest BCUT2D eigenvalue weighted by atomic mass is 9.85. The normalized spacial score (nSPS) is 13.2. The summed E-state index contributed by atoms with van der Waals surface area (Å²) in [5, 5.41) is 0. The molecule has 0 bridgehead atoms. The zero-order chi connectivity index (χ0) is 20.8. The van der Waals surface area contributed by atoms with Crippen molar-refractivity contribution in [3.63, 3.8) is 0 Å². The van der Waals surface area contributed by atoms with Gasteiger partial charge in [0.15, 0.2) is 0 Å². The van der Waals surface area contributed by atoms with Crippen LogP contribution >= 0.6 is 0 Å². The molecule has 0 aliphatic heterocycles. The topological polar surface area (TPSA) is 67.4 Å². The number of rotatable bonds is 6. The van der Waals surface area contributed by atoms with Crippen LogP contribution in [0.1, 0.15) is 35.2 Å². The SMILES string of the molecule is O=C(NNC(=O)C1CCC1)c1ccc(COc2ccc(-c3ccccc3)cc2)cc1. The standard InChI is InChI=1S/C25H24N2O3/c28-24(21-7-4-8-21)26-27-25(29)22-11-9-18(10-12-22)17-30-23-15-13-20(14-16-23)19-5-2-1-3-6-19/h1-3,5-6,9-16,21H,4,7-8,17H2,(H,26,28)(H,27,29). The first-order chi connectivity index (χ1) is 14.7. The highest BCUT2D eigenvalue weighted by atomic mass is 16.5. The van der Waals surface area contributed by atoms with Crippen molar-refractivity contribution in [2.75, 3.05) is 0 Å². The van der Waals surface area contributed by atoms with Crippen LogP contribution in [0.2, 0.25) is 0 Å². The molecule has 152 valence electrons. The first-order valence-corrected chi connectivity index (χ1v) is 10.2. The van der Waals surface area contributed by atoms with E-state index in [0.29, 0.717) is 12.2 Å². The smallest absolute Gasteiger partial charge is 0.269 e. The maximum Gasteiger partial charge on any atom is 0.269 e. The van der Waals surface area contributed by atoms with Crippen LogP contribution in [-0.4, -0.2) is 11.8 Å². The number of hydrazine groups is 1. The molecule has 3 aromatic carbocycles. The second-order valence-electron chi connectivity index (χ2n) is 7.45. The lowest BCUT2D eigenvalue weighted by Gasteiger charge is -2.23. The third-order valence-corrected chi connectivity index (χ3v) is 5.36. The van der Waals surface area contributed by atoms with Crippen molar-refractivity contribution in [3.05, 3.63) is 90.0 Å². The molecular formula is C25H24N2O3. The van der Waals surface area contributed by atoms with Crippen LogP contribution in [0.4, 0.5) is 0 Å². The summed E-state index contributed by atoms with van der Waals surface area (Å²) in [6.45, 7) is 0.408. The van der Waals surface area contributed by atoms with E-state index in [4.69, 9.17) is 4.74 Å². The number of benzene rings is 3. The third-order valence-electron chi connectivity index (χ3n) is 5.36. The highest BCUT2D eigenvalue weighted by Gasteiger charge is 2.25. The first-order valence-electron chi connectivity index (χ1n) is 10.2. The molecule has 3 aromatic rings. The van der Waals surface area contributed by atoms with Crippen LogP contribution < -0.4 is 15.6 Å². The average molecular weight is 400 g/mol. The first kappa shape index (κ1) is 19.7. The number of hydrogen-bond donors (Lipinski definition) is 2. The third kappa shape index (κ3) is 4.87. The van der Waals surface area contributed by atoms with Gasteiger partial charge in [-0.05, 0) is 53.8 Å². The predicted octanol–water partition coefficient (Wildman–Crippen LogP) is 4.49. The van der Waals surface area contributed by atoms with Crippen LogP contribution in [0.15, 0.2) is 78.9 Å². The van der Waals surface area contributed by atoms with Crippen molar-refractivity contribution >= 4 is 11.8 Å². The van der Waals surface area contributed by atoms with Crippen molar-refractivity contribution in [1.29, 1.82) is 0 Å². The molecule has 0 heterocycles. The van der Waals surface area contributed by atoms with Crippen molar-refractivity contribution < 1.29 is 14.3 Å². The Hall–Kier alpha value is -3.60. The molecule has 2 N–H and O–H groups in total. The number of carbonyl (C=O) groups is 2. The second kappa shape index (κ2) is 9.27. The molecule has 1 aliphatic carbocycles. The summed E-state index contributed by atoms with van der Waals surface area (Å²) in [6.07, 6.45) is 2.86. The van der Waals surface area contributed by atoms with Crippen LogP contribution in [0.3, 0.4) is 0 Å². The van der Waals surface area contributed by atoms with Gasteiger partial charge in [-0.15, -0.1) is 0 Å². The number of amides is 2. The highest BCUT2D eigenvalue weighted by Crippen LogP contribution is 2.26. The molecule has 30 heavy (non-hydrogen) atoms. The minimum atomic E-state index is -0.327. The second-order valence-corrected chi connectivity index (χ2v) is 7.45. The molecular weight excluding hydrogens is 376 g/mol. The minimum Gasteiger partial charge on any atom is -0.489 e. The summed E-state index contributed by atoms with van der Waals surface area (Å²) < 4.78 is 5.85. The molecule has 1 fully saturated rings. The molecule has 0 saturated heterocycles. The molecule has 1 saturated carbocycles. The predicted molar refractivity (Wildman–Crippen MR) is 116 cm³/mol. The summed E-state index contributed by atoms with van der Waals surface area (Å²) in [7, 11) is 0. The van der Waals surface area contributed by atoms with Crippen LogP contribution in [0, 0.1) is 5.92 Å². The Kier molecular flexibility index (Phi) is 6.09. The minimum absolute atomic E-state index is 0.0339. The van der Waals surface area contributed by atoms with Crippen molar-refractivity contribution in [1.82, 2.24) is 10.9 Å². The van der Waals surface area contributed by atoms with Gasteiger partial charge in [-0.1, -0.05) is 61.0 Å². The maximum atomic E-state index is 12.2. The van der Waals surface area contributed by atoms with E-state index in [-0.39, 0.29) is 17.7 Å². The van der Waals surface area contributed by atoms with E-state index in [1.807, 2.05) is 54.6 Å². The van der Waals surface area contributed by atoms with E-state index in [9.17, 15) is 9.59 Å². The van der Waals surface area contributed by atoms with Gasteiger partial charge in [0.25, 0.3) is 5.91 Å². The summed E-state index contributed by atoms with van der Waals surface area (Å²) in [5.74, 6) is 0.381. The Morgan fingerprint density at radius 2 is 1.47 bits per heavy atom. The highest BCUT2D eigenvalue weighted by molar-refractivity contribution is 5.95. The summed E-state index contributed by atoms with van der Waals surface area (Å²) in [6, 6.07) is 25.3. The Morgan fingerprint density at radius 3 is 2.10 bits per heavy atom. The van der Waals surface area contributed by atoms with Gasteiger partial charge in [-0.2, -0.15) is 0 Å². The number of nitrogens with one attached hydrogen (secondary N) is 2. The number of hydrogen-bond acceptors (Lipinski definition) is 3. The van der Waals surface area contributed by atoms with E-state index >= 15 is 0 Å². The number of carbonyl (C=O) groups excluding carboxylic acids is 2. The van der Waals surface area contributed by atoms with Gasteiger partial charge in [0.05, 0.1) is 0 Å². The fourth-order valence-corrected chi connectivity index (χ4v) is 3.26. The molecule has 0 spiro atoms. The zero-order valence-corrected chi connectivity index (χ0v) is 16.6. The van der Waals surface area contributed by atoms with Gasteiger partial charge in [-0.25, -0.2) is 0 Å². The molecule has 0 atom stereocenters. The average Bonchev–Trinajstić information content (AvgIpc) is 2.76. The summed E-state index contributed by atoms with van der Waals surface area (Å²) in [4.78, 5) is 24.0. The molecule has 0 unspecified atom stereocenters. The summed E-state index contributed by atoms with van der Waals surface area (Å²) in [5.41, 5.74) is 8.72. The molecule has 5 heteroatoms. The van der Waals surface area contributed by atoms with Crippen LogP contribution in [0.5, 0.6) is 5.75 Å². The molecule has 4 rings (SSSR count). The van der Waals surface area contributed by atoms with E-state index in [0.717, 1.165) is 36.1 Å². The quantitative estimate of drug-likeness (QED) is 0.599. The van der Waals surface area contributed by atoms with Crippen molar-refractivity contribution in [2.24, 2.45) is 5.92 Å². The molecule has 2 amide bonds. The van der Waals surface area contributed by atoms with E-state index in [1.165, 1.54) is 5.56 Å². The summed E-state index contributed by atoms with van der Waals surface area (Å²) >= 11 is 0. The van der Waals surface area contributed by atoms with Crippen molar-refractivity contribution in [3.8, 4) is 16.9 Å². The zero-order valence-electron chi connectivity index (χ0n) is 16.6. The maximum absolute atomic E-state index is 12.2. The van der Waals surface area contributed by atoms with E-state index < -0.39 is 0 Å². The largest absolute Gasteiger partial charge is 0.489 e. The Bertz CT molecular complexity index is 995. The fraction of sp³-hybridized carbons (Fsp3) is 0.200. The lowest BCUT2D eigenvalue weighted by Crippen LogP contribution is -2.46. The van der Waals surface area contributed by atoms with Crippen LogP contribution in [0.25, 0.3) is 11.1 Å². The molecule has 1 aliphatic rings. The Morgan fingerprint density at radius 1 is 0.800 bits per heavy atom.